The Bertz CT molecular complexity index is 1540. The van der Waals surface area contributed by atoms with Gasteiger partial charge in [0.15, 0.2) is 0 Å². The lowest BCUT2D eigenvalue weighted by molar-refractivity contribution is -0.120. The lowest BCUT2D eigenvalue weighted by Gasteiger charge is -2.31. The van der Waals surface area contributed by atoms with Crippen molar-refractivity contribution >= 4 is 17.5 Å². The van der Waals surface area contributed by atoms with Gasteiger partial charge in [-0.3, -0.25) is 9.59 Å². The number of carbonyl (C=O) groups is 2. The van der Waals surface area contributed by atoms with E-state index in [-0.39, 0.29) is 33.5 Å². The number of nitrogens with zero attached hydrogens (tertiary/aromatic N) is 1. The lowest BCUT2D eigenvalue weighted by atomic mass is 9.73. The molecule has 1 unspecified atom stereocenters. The number of hydrogen-bond donors (Lipinski definition) is 0. The van der Waals surface area contributed by atoms with Crippen LogP contribution < -0.4 is 4.90 Å². The van der Waals surface area contributed by atoms with E-state index in [1.54, 1.807) is 0 Å². The molecule has 1 atom stereocenters. The molecule has 1 aliphatic carbocycles. The molecule has 0 aromatic heterocycles. The number of anilines is 1. The summed E-state index contributed by atoms with van der Waals surface area (Å²) in [5.41, 5.74) is 10.4. The number of aryl methyl sites for hydroxylation is 2. The van der Waals surface area contributed by atoms with Gasteiger partial charge in [0.1, 0.15) is 0 Å². The van der Waals surface area contributed by atoms with Crippen LogP contribution in [0.5, 0.6) is 0 Å². The van der Waals surface area contributed by atoms with E-state index < -0.39 is 0 Å². The highest BCUT2D eigenvalue weighted by atomic mass is 16.2. The van der Waals surface area contributed by atoms with E-state index in [0.29, 0.717) is 5.69 Å². The van der Waals surface area contributed by atoms with Crippen molar-refractivity contribution in [2.45, 2.75) is 97.3 Å². The van der Waals surface area contributed by atoms with Crippen LogP contribution in [0.4, 0.5) is 5.69 Å². The number of fused-ring (bicyclic) bond motifs is 1. The van der Waals surface area contributed by atoms with Gasteiger partial charge in [0.05, 0.1) is 5.69 Å². The van der Waals surface area contributed by atoms with Crippen LogP contribution in [-0.4, -0.2) is 11.8 Å². The number of hydrogen-bond acceptors (Lipinski definition) is 2. The molecule has 1 aliphatic heterocycles. The van der Waals surface area contributed by atoms with Crippen LogP contribution in [0.25, 0.3) is 0 Å². The van der Waals surface area contributed by atoms with Gasteiger partial charge in [-0.25, -0.2) is 4.90 Å². The van der Waals surface area contributed by atoms with Crippen LogP contribution in [0.3, 0.4) is 0 Å². The van der Waals surface area contributed by atoms with E-state index in [1.165, 1.54) is 50.4 Å². The molecule has 0 bridgehead atoms. The van der Waals surface area contributed by atoms with E-state index >= 15 is 0 Å². The van der Waals surface area contributed by atoms with Crippen molar-refractivity contribution in [1.82, 2.24) is 0 Å². The quantitative estimate of drug-likeness (QED) is 0.316. The van der Waals surface area contributed by atoms with Crippen molar-refractivity contribution in [3.05, 3.63) is 111 Å². The monoisotopic (exact) mass is 533 g/mol. The maximum absolute atomic E-state index is 12.4. The fourth-order valence-corrected chi connectivity index (χ4v) is 7.09. The molecule has 0 N–H and O–H groups in total. The zero-order valence-electron chi connectivity index (χ0n) is 25.8. The zero-order valence-corrected chi connectivity index (χ0v) is 25.8. The first kappa shape index (κ1) is 28.1. The molecule has 2 aliphatic rings. The fraction of sp³-hybridized carbons (Fsp3) is 0.405. The third kappa shape index (κ3) is 4.35. The summed E-state index contributed by atoms with van der Waals surface area (Å²) in [6.45, 7) is 22.5. The fourth-order valence-electron chi connectivity index (χ4n) is 7.09. The second-order valence-electron chi connectivity index (χ2n) is 14.4. The summed E-state index contributed by atoms with van der Waals surface area (Å²) < 4.78 is 0. The number of rotatable bonds is 4. The molecule has 3 aromatic rings. The lowest BCUT2D eigenvalue weighted by Crippen LogP contribution is -2.31. The molecule has 0 fully saturated rings. The molecule has 3 heteroatoms. The minimum absolute atomic E-state index is 0.0348. The van der Waals surface area contributed by atoms with E-state index in [2.05, 4.69) is 110 Å². The first-order valence-corrected chi connectivity index (χ1v) is 14.4. The number of carbonyl (C=O) groups excluding carboxylic acids is 2. The van der Waals surface area contributed by atoms with Gasteiger partial charge < -0.3 is 0 Å². The average Bonchev–Trinajstić information content (AvgIpc) is 3.30. The first-order valence-electron chi connectivity index (χ1n) is 14.4. The van der Waals surface area contributed by atoms with Crippen LogP contribution in [0, 0.1) is 13.8 Å². The summed E-state index contributed by atoms with van der Waals surface area (Å²) in [5, 5.41) is 0. The van der Waals surface area contributed by atoms with Crippen molar-refractivity contribution in [2.75, 3.05) is 4.90 Å². The molecule has 2 amide bonds. The topological polar surface area (TPSA) is 37.4 Å². The molecule has 0 saturated heterocycles. The Hall–Kier alpha value is -3.46. The Kier molecular flexibility index (Phi) is 6.34. The van der Waals surface area contributed by atoms with Crippen molar-refractivity contribution in [1.29, 1.82) is 0 Å². The highest BCUT2D eigenvalue weighted by Crippen LogP contribution is 2.54. The molecule has 0 saturated carbocycles. The zero-order chi connectivity index (χ0) is 29.4. The van der Waals surface area contributed by atoms with Gasteiger partial charge in [-0.15, -0.1) is 0 Å². The van der Waals surface area contributed by atoms with Crippen molar-refractivity contribution in [3.8, 4) is 0 Å². The molecule has 0 radical (unpaired) electrons. The minimum Gasteiger partial charge on any atom is -0.269 e. The van der Waals surface area contributed by atoms with Gasteiger partial charge in [0.2, 0.25) is 0 Å². The Morgan fingerprint density at radius 1 is 0.700 bits per heavy atom. The van der Waals surface area contributed by atoms with E-state index in [0.717, 1.165) is 17.5 Å². The summed E-state index contributed by atoms with van der Waals surface area (Å²) in [7, 11) is 0. The third-order valence-corrected chi connectivity index (χ3v) is 9.47. The molecule has 1 heterocycles. The standard InChI is InChI=1S/C37H43NO2/c1-23-18-28(19-24(2)33(23)38-31(39)16-17-32(38)40)36(8,9)26-14-15-29-30(21-26)35(6,7)22-37(29,10)27-13-11-12-25(20-27)34(3,4)5/h11-21H,22H2,1-10H3. The molecule has 208 valence electrons. The summed E-state index contributed by atoms with van der Waals surface area (Å²) in [6, 6.07) is 20.6. The molecular formula is C37H43NO2. The largest absolute Gasteiger partial charge is 0.269 e. The summed E-state index contributed by atoms with van der Waals surface area (Å²) in [5.74, 6) is -0.555. The summed E-state index contributed by atoms with van der Waals surface area (Å²) >= 11 is 0. The predicted octanol–water partition coefficient (Wildman–Crippen LogP) is 8.34. The minimum atomic E-state index is -0.278. The molecule has 3 nitrogen and oxygen atoms in total. The Balaban J connectivity index is 1.57. The van der Waals surface area contributed by atoms with Gasteiger partial charge in [-0.1, -0.05) is 110 Å². The third-order valence-electron chi connectivity index (χ3n) is 9.47. The predicted molar refractivity (Wildman–Crippen MR) is 165 cm³/mol. The second kappa shape index (κ2) is 9.03. The van der Waals surface area contributed by atoms with Crippen molar-refractivity contribution < 1.29 is 9.59 Å². The Morgan fingerprint density at radius 2 is 1.30 bits per heavy atom. The summed E-state index contributed by atoms with van der Waals surface area (Å²) in [4.78, 5) is 26.1. The highest BCUT2D eigenvalue weighted by molar-refractivity contribution is 6.28. The molecular weight excluding hydrogens is 490 g/mol. The van der Waals surface area contributed by atoms with Crippen LogP contribution in [0.2, 0.25) is 0 Å². The van der Waals surface area contributed by atoms with E-state index in [4.69, 9.17) is 0 Å². The van der Waals surface area contributed by atoms with Gasteiger partial charge in [0, 0.05) is 23.0 Å². The maximum atomic E-state index is 12.4. The smallest absolute Gasteiger partial charge is 0.258 e. The van der Waals surface area contributed by atoms with Gasteiger partial charge in [0.25, 0.3) is 11.8 Å². The number of imide groups is 1. The summed E-state index contributed by atoms with van der Waals surface area (Å²) in [6.07, 6.45) is 3.75. The maximum Gasteiger partial charge on any atom is 0.258 e. The second-order valence-corrected chi connectivity index (χ2v) is 14.4. The van der Waals surface area contributed by atoms with E-state index in [1.807, 2.05) is 13.8 Å². The molecule has 3 aromatic carbocycles. The van der Waals surface area contributed by atoms with Gasteiger partial charge >= 0.3 is 0 Å². The van der Waals surface area contributed by atoms with Crippen LogP contribution in [0.15, 0.2) is 66.7 Å². The van der Waals surface area contributed by atoms with Crippen LogP contribution in [0.1, 0.15) is 106 Å². The number of amides is 2. The first-order chi connectivity index (χ1) is 18.5. The normalized spacial score (nSPS) is 20.4. The van der Waals surface area contributed by atoms with Gasteiger partial charge in [-0.05, 0) is 75.6 Å². The van der Waals surface area contributed by atoms with Crippen LogP contribution >= 0.6 is 0 Å². The van der Waals surface area contributed by atoms with Gasteiger partial charge in [-0.2, -0.15) is 0 Å². The van der Waals surface area contributed by atoms with Crippen molar-refractivity contribution in [2.24, 2.45) is 0 Å². The van der Waals surface area contributed by atoms with Crippen LogP contribution in [-0.2, 0) is 31.2 Å². The molecule has 40 heavy (non-hydrogen) atoms. The van der Waals surface area contributed by atoms with Crippen molar-refractivity contribution in [3.63, 3.8) is 0 Å². The Morgan fingerprint density at radius 3 is 1.88 bits per heavy atom. The number of benzene rings is 3. The Labute approximate surface area is 240 Å². The van der Waals surface area contributed by atoms with E-state index in [9.17, 15) is 9.59 Å². The highest BCUT2D eigenvalue weighted by Gasteiger charge is 2.46. The molecule has 0 spiro atoms. The molecule has 5 rings (SSSR count). The average molecular weight is 534 g/mol. The SMILES string of the molecule is Cc1cc(C(C)(C)c2ccc3c(c2)C(C)(C)CC3(C)c2cccc(C(C)(C)C)c2)cc(C)c1N1C(=O)C=CC1=O.